The van der Waals surface area contributed by atoms with E-state index in [1.54, 1.807) is 4.90 Å². The number of hydrogen-bond acceptors (Lipinski definition) is 3. The monoisotopic (exact) mass is 439 g/mol. The third-order valence-electron chi connectivity index (χ3n) is 5.89. The molecule has 4 rings (SSSR count). The van der Waals surface area contributed by atoms with Crippen molar-refractivity contribution in [3.05, 3.63) is 69.6 Å². The van der Waals surface area contributed by atoms with E-state index in [9.17, 15) is 9.59 Å². The molecule has 3 nitrogen and oxygen atoms in total. The minimum Gasteiger partial charge on any atom is -0.271 e. The van der Waals surface area contributed by atoms with Gasteiger partial charge in [0.05, 0.1) is 10.5 Å². The molecule has 0 saturated heterocycles. The largest absolute Gasteiger partial charge is 0.271 e. The van der Waals surface area contributed by atoms with E-state index < -0.39 is 0 Å². The van der Waals surface area contributed by atoms with Crippen LogP contribution in [0.5, 0.6) is 0 Å². The summed E-state index contributed by atoms with van der Waals surface area (Å²) in [6, 6.07) is 15.3. The van der Waals surface area contributed by atoms with Crippen LogP contribution in [0, 0.1) is 6.92 Å². The Morgan fingerprint density at radius 3 is 2.07 bits per heavy atom. The van der Waals surface area contributed by atoms with E-state index in [-0.39, 0.29) is 17.9 Å². The molecule has 0 radical (unpaired) electrons. The highest BCUT2D eigenvalue weighted by molar-refractivity contribution is 8.04. The van der Waals surface area contributed by atoms with Crippen LogP contribution in [0.1, 0.15) is 56.1 Å². The Morgan fingerprint density at radius 1 is 0.833 bits per heavy atom. The van der Waals surface area contributed by atoms with E-state index >= 15 is 0 Å². The third kappa shape index (κ3) is 4.50. The Bertz CT molecular complexity index is 958. The highest BCUT2D eigenvalue weighted by Gasteiger charge is 2.42. The van der Waals surface area contributed by atoms with Gasteiger partial charge in [-0.2, -0.15) is 0 Å². The van der Waals surface area contributed by atoms with Crippen molar-refractivity contribution in [3.8, 4) is 0 Å². The van der Waals surface area contributed by atoms with Crippen LogP contribution >= 0.6 is 23.4 Å². The molecule has 2 aliphatic rings. The van der Waals surface area contributed by atoms with Gasteiger partial charge in [0.15, 0.2) is 0 Å². The molecule has 5 heteroatoms. The maximum absolute atomic E-state index is 13.6. The fourth-order valence-corrected chi connectivity index (χ4v) is 5.37. The normalized spacial score (nSPS) is 18.7. The predicted molar refractivity (Wildman–Crippen MR) is 123 cm³/mol. The van der Waals surface area contributed by atoms with Gasteiger partial charge in [0.25, 0.3) is 11.8 Å². The number of thioether (sulfide) groups is 1. The number of carbonyl (C=O) groups is 2. The van der Waals surface area contributed by atoms with Gasteiger partial charge in [-0.3, -0.25) is 14.5 Å². The molecule has 1 aliphatic carbocycles. The van der Waals surface area contributed by atoms with Gasteiger partial charge in [-0.15, -0.1) is 0 Å². The Hall–Kier alpha value is -2.04. The van der Waals surface area contributed by atoms with Gasteiger partial charge in [0.2, 0.25) is 0 Å². The highest BCUT2D eigenvalue weighted by Crippen LogP contribution is 2.42. The van der Waals surface area contributed by atoms with Crippen LogP contribution in [0.25, 0.3) is 5.57 Å². The van der Waals surface area contributed by atoms with E-state index in [0.717, 1.165) is 41.7 Å². The molecule has 156 valence electrons. The van der Waals surface area contributed by atoms with Crippen LogP contribution < -0.4 is 0 Å². The summed E-state index contributed by atoms with van der Waals surface area (Å²) < 4.78 is 0. The van der Waals surface area contributed by atoms with Crippen molar-refractivity contribution in [3.63, 3.8) is 0 Å². The molecule has 2 aromatic rings. The van der Waals surface area contributed by atoms with E-state index in [2.05, 4.69) is 0 Å². The van der Waals surface area contributed by atoms with Crippen LogP contribution in [-0.4, -0.2) is 22.8 Å². The Balaban J connectivity index is 1.71. The van der Waals surface area contributed by atoms with Crippen LogP contribution in [0.3, 0.4) is 0 Å². The van der Waals surface area contributed by atoms with Gasteiger partial charge >= 0.3 is 0 Å². The lowest BCUT2D eigenvalue weighted by Crippen LogP contribution is -2.41. The quantitative estimate of drug-likeness (QED) is 0.501. The summed E-state index contributed by atoms with van der Waals surface area (Å²) in [6.07, 6.45) is 7.55. The second kappa shape index (κ2) is 9.40. The van der Waals surface area contributed by atoms with Crippen LogP contribution in [0.2, 0.25) is 5.02 Å². The molecule has 2 amide bonds. The van der Waals surface area contributed by atoms with E-state index in [4.69, 9.17) is 11.6 Å². The van der Waals surface area contributed by atoms with Crippen molar-refractivity contribution in [1.29, 1.82) is 0 Å². The second-order valence-electron chi connectivity index (χ2n) is 8.11. The first-order chi connectivity index (χ1) is 14.5. The zero-order valence-corrected chi connectivity index (χ0v) is 18.8. The maximum Gasteiger partial charge on any atom is 0.268 e. The number of rotatable bonds is 4. The van der Waals surface area contributed by atoms with Crippen molar-refractivity contribution in [2.45, 2.75) is 62.8 Å². The molecule has 0 aromatic heterocycles. The molecule has 1 fully saturated rings. The van der Waals surface area contributed by atoms with Gasteiger partial charge in [0.1, 0.15) is 0 Å². The summed E-state index contributed by atoms with van der Waals surface area (Å²) in [5.74, 6) is -0.299. The maximum atomic E-state index is 13.6. The number of amides is 2. The molecule has 0 spiro atoms. The van der Waals surface area contributed by atoms with Gasteiger partial charge in [-0.25, -0.2) is 0 Å². The minimum atomic E-state index is -0.152. The van der Waals surface area contributed by atoms with Gasteiger partial charge in [-0.05, 0) is 49.6 Å². The van der Waals surface area contributed by atoms with Gasteiger partial charge in [0, 0.05) is 16.0 Å². The van der Waals surface area contributed by atoms with Gasteiger partial charge < -0.3 is 0 Å². The molecular formula is C25H26ClNO2S. The summed E-state index contributed by atoms with van der Waals surface area (Å²) in [7, 11) is 0. The summed E-state index contributed by atoms with van der Waals surface area (Å²) >= 11 is 7.39. The number of hydrogen-bond donors (Lipinski definition) is 0. The lowest BCUT2D eigenvalue weighted by atomic mass is 9.95. The van der Waals surface area contributed by atoms with Crippen molar-refractivity contribution in [2.75, 3.05) is 0 Å². The van der Waals surface area contributed by atoms with E-state index in [0.29, 0.717) is 15.5 Å². The molecule has 0 N–H and O–H groups in total. The number of aryl methyl sites for hydroxylation is 1. The third-order valence-corrected chi connectivity index (χ3v) is 7.23. The van der Waals surface area contributed by atoms with Crippen LogP contribution in [0.15, 0.2) is 58.3 Å². The molecule has 30 heavy (non-hydrogen) atoms. The number of nitrogens with zero attached hydrogens (tertiary/aromatic N) is 1. The van der Waals surface area contributed by atoms with Crippen molar-refractivity contribution in [2.24, 2.45) is 0 Å². The minimum absolute atomic E-state index is 0.00549. The molecule has 2 aromatic carbocycles. The van der Waals surface area contributed by atoms with Crippen LogP contribution in [-0.2, 0) is 9.59 Å². The fourth-order valence-electron chi connectivity index (χ4n) is 4.24. The van der Waals surface area contributed by atoms with Crippen molar-refractivity contribution >= 4 is 40.8 Å². The summed E-state index contributed by atoms with van der Waals surface area (Å²) in [6.45, 7) is 2.02. The Kier molecular flexibility index (Phi) is 6.64. The average molecular weight is 440 g/mol. The number of imide groups is 1. The van der Waals surface area contributed by atoms with Crippen molar-refractivity contribution < 1.29 is 9.59 Å². The summed E-state index contributed by atoms with van der Waals surface area (Å²) in [5, 5.41) is 0.650. The summed E-state index contributed by atoms with van der Waals surface area (Å²) in [4.78, 5) is 30.1. The number of carbonyl (C=O) groups excluding carboxylic acids is 2. The molecule has 1 saturated carbocycles. The average Bonchev–Trinajstić information content (AvgIpc) is 2.95. The SMILES string of the molecule is Cc1ccc(C2=C(Sc3ccc(Cl)cc3)C(=O)N(C3CCCCCCC3)C2=O)cc1. The predicted octanol–water partition coefficient (Wildman–Crippen LogP) is 6.63. The molecule has 1 aliphatic heterocycles. The molecule has 0 atom stereocenters. The first-order valence-corrected chi connectivity index (χ1v) is 11.9. The first-order valence-electron chi connectivity index (χ1n) is 10.7. The Labute approximate surface area is 187 Å². The number of benzene rings is 2. The van der Waals surface area contributed by atoms with Gasteiger partial charge in [-0.1, -0.05) is 85.3 Å². The number of halogens is 1. The zero-order valence-electron chi connectivity index (χ0n) is 17.2. The molecular weight excluding hydrogens is 414 g/mol. The standard InChI is InChI=1S/C25H26ClNO2S/c1-17-9-11-18(12-10-17)22-23(30-21-15-13-19(26)14-16-21)25(29)27(24(22)28)20-7-5-3-2-4-6-8-20/h9-16,20H,2-8H2,1H3. The molecule has 1 heterocycles. The second-order valence-corrected chi connectivity index (χ2v) is 9.63. The lowest BCUT2D eigenvalue weighted by Gasteiger charge is -2.28. The van der Waals surface area contributed by atoms with Crippen LogP contribution in [0.4, 0.5) is 0 Å². The smallest absolute Gasteiger partial charge is 0.268 e. The first kappa shape index (κ1) is 21.2. The van der Waals surface area contributed by atoms with E-state index in [1.807, 2.05) is 55.5 Å². The highest BCUT2D eigenvalue weighted by atomic mass is 35.5. The lowest BCUT2D eigenvalue weighted by molar-refractivity contribution is -0.139. The fraction of sp³-hybridized carbons (Fsp3) is 0.360. The van der Waals surface area contributed by atoms with E-state index in [1.165, 1.54) is 31.0 Å². The summed E-state index contributed by atoms with van der Waals surface area (Å²) in [5.41, 5.74) is 2.46. The molecule has 0 bridgehead atoms. The molecule has 0 unspecified atom stereocenters. The topological polar surface area (TPSA) is 37.4 Å². The zero-order chi connectivity index (χ0) is 21.1. The Morgan fingerprint density at radius 2 is 1.43 bits per heavy atom. The van der Waals surface area contributed by atoms with Crippen molar-refractivity contribution in [1.82, 2.24) is 4.90 Å².